The summed E-state index contributed by atoms with van der Waals surface area (Å²) in [6.07, 6.45) is 17.9. The molecule has 0 saturated carbocycles. The quantitative estimate of drug-likeness (QED) is 0.113. The van der Waals surface area contributed by atoms with Crippen LogP contribution in [0.15, 0.2) is 30.3 Å². The van der Waals surface area contributed by atoms with Crippen molar-refractivity contribution in [1.29, 1.82) is 0 Å². The topological polar surface area (TPSA) is 43.4 Å². The first-order valence-corrected chi connectivity index (χ1v) is 12.0. The minimum Gasteiger partial charge on any atom is -0.466 e. The van der Waals surface area contributed by atoms with Gasteiger partial charge >= 0.3 is 5.97 Å². The van der Waals surface area contributed by atoms with Crippen LogP contribution in [0.5, 0.6) is 0 Å². The molecule has 3 heteroatoms. The summed E-state index contributed by atoms with van der Waals surface area (Å²) in [6, 6.07) is 10.2. The molecular weight excluding hydrogens is 372 g/mol. The van der Waals surface area contributed by atoms with E-state index in [1.54, 1.807) is 0 Å². The minimum absolute atomic E-state index is 0.0485. The molecule has 1 aromatic rings. The Labute approximate surface area is 184 Å². The molecule has 0 amide bonds. The summed E-state index contributed by atoms with van der Waals surface area (Å²) in [6.45, 7) is 0.569. The summed E-state index contributed by atoms with van der Waals surface area (Å²) >= 11 is 0. The average molecular weight is 413 g/mol. The second kappa shape index (κ2) is 20.2. The van der Waals surface area contributed by atoms with Crippen LogP contribution in [0.3, 0.4) is 0 Å². The van der Waals surface area contributed by atoms with Crippen molar-refractivity contribution >= 4 is 12.3 Å². The highest BCUT2D eigenvalue weighted by atomic mass is 16.5. The molecule has 0 heterocycles. The molecule has 0 aliphatic heterocycles. The van der Waals surface area contributed by atoms with Crippen molar-refractivity contribution in [3.05, 3.63) is 35.9 Å². The number of hydrogen-bond donors (Lipinski definition) is 0. The summed E-state index contributed by atoms with van der Waals surface area (Å²) < 4.78 is 5.32. The molecule has 1 rings (SSSR count). The zero-order valence-electron chi connectivity index (χ0n) is 18.7. The second-order valence-corrected chi connectivity index (χ2v) is 7.94. The number of benzene rings is 1. The van der Waals surface area contributed by atoms with E-state index >= 15 is 0 Å². The number of carbonyl (C=O) groups excluding carboxylic acids is 2. The van der Waals surface area contributed by atoms with Gasteiger partial charge in [0.25, 0.3) is 0 Å². The number of hydrogen-bond acceptors (Lipinski definition) is 3. The van der Waals surface area contributed by atoms with E-state index in [0.29, 0.717) is 19.4 Å². The summed E-state index contributed by atoms with van der Waals surface area (Å²) in [4.78, 5) is 21.9. The Bertz CT molecular complexity index is 598. The number of aldehydes is 1. The molecule has 0 saturated heterocycles. The second-order valence-electron chi connectivity index (χ2n) is 7.94. The van der Waals surface area contributed by atoms with E-state index in [1.165, 1.54) is 32.1 Å². The van der Waals surface area contributed by atoms with Gasteiger partial charge in [-0.05, 0) is 37.8 Å². The van der Waals surface area contributed by atoms with Gasteiger partial charge in [-0.1, -0.05) is 87.8 Å². The number of carbonyl (C=O) groups is 2. The van der Waals surface area contributed by atoms with Gasteiger partial charge in [0.2, 0.25) is 0 Å². The molecule has 166 valence electrons. The van der Waals surface area contributed by atoms with Crippen molar-refractivity contribution in [2.24, 2.45) is 0 Å². The van der Waals surface area contributed by atoms with E-state index in [9.17, 15) is 9.59 Å². The highest BCUT2D eigenvalue weighted by molar-refractivity contribution is 5.69. The standard InChI is InChI=1S/C27H40O3/c28-24-18-11-7-4-6-10-17-23-27(29)30-25-19-12-8-3-1-2-5-9-14-20-26-21-15-13-16-22-26/h13,15-16,21-22,24H,1-12,17-19,23,25H2. The molecule has 0 spiro atoms. The lowest BCUT2D eigenvalue weighted by Crippen LogP contribution is -2.05. The van der Waals surface area contributed by atoms with E-state index < -0.39 is 0 Å². The fourth-order valence-electron chi connectivity index (χ4n) is 3.35. The largest absolute Gasteiger partial charge is 0.466 e. The molecule has 0 fully saturated rings. The average Bonchev–Trinajstić information content (AvgIpc) is 2.77. The van der Waals surface area contributed by atoms with Gasteiger partial charge < -0.3 is 9.53 Å². The molecule has 0 aliphatic carbocycles. The van der Waals surface area contributed by atoms with Gasteiger partial charge in [0, 0.05) is 24.8 Å². The molecule has 0 aliphatic rings. The third-order valence-corrected chi connectivity index (χ3v) is 5.17. The number of ether oxygens (including phenoxy) is 1. The van der Waals surface area contributed by atoms with Gasteiger partial charge in [-0.3, -0.25) is 4.79 Å². The van der Waals surface area contributed by atoms with Gasteiger partial charge in [-0.25, -0.2) is 0 Å². The fraction of sp³-hybridized carbons (Fsp3) is 0.630. The molecule has 0 aromatic heterocycles. The van der Waals surface area contributed by atoms with E-state index in [0.717, 1.165) is 69.6 Å². The predicted molar refractivity (Wildman–Crippen MR) is 124 cm³/mol. The van der Waals surface area contributed by atoms with E-state index in [-0.39, 0.29) is 5.97 Å². The molecule has 0 atom stereocenters. The lowest BCUT2D eigenvalue weighted by Gasteiger charge is -2.05. The Hall–Kier alpha value is -2.08. The molecule has 3 nitrogen and oxygen atoms in total. The van der Waals surface area contributed by atoms with Crippen LogP contribution in [-0.4, -0.2) is 18.9 Å². The van der Waals surface area contributed by atoms with Crippen LogP contribution in [-0.2, 0) is 14.3 Å². The lowest BCUT2D eigenvalue weighted by atomic mass is 10.1. The van der Waals surface area contributed by atoms with Crippen molar-refractivity contribution in [2.45, 2.75) is 103 Å². The van der Waals surface area contributed by atoms with Crippen LogP contribution in [0.2, 0.25) is 0 Å². The van der Waals surface area contributed by atoms with Gasteiger partial charge in [-0.15, -0.1) is 0 Å². The van der Waals surface area contributed by atoms with Gasteiger partial charge in [-0.2, -0.15) is 0 Å². The summed E-state index contributed by atoms with van der Waals surface area (Å²) in [5.74, 6) is 6.41. The Balaban J connectivity index is 1.79. The molecular formula is C27H40O3. The Morgan fingerprint density at radius 3 is 2.07 bits per heavy atom. The molecule has 0 N–H and O–H groups in total. The molecule has 0 bridgehead atoms. The zero-order chi connectivity index (χ0) is 21.5. The van der Waals surface area contributed by atoms with Crippen molar-refractivity contribution in [3.63, 3.8) is 0 Å². The van der Waals surface area contributed by atoms with Crippen LogP contribution in [0, 0.1) is 11.8 Å². The van der Waals surface area contributed by atoms with Crippen LogP contribution in [0.4, 0.5) is 0 Å². The van der Waals surface area contributed by atoms with Crippen molar-refractivity contribution in [1.82, 2.24) is 0 Å². The number of unbranched alkanes of at least 4 members (excludes halogenated alkanes) is 13. The Kier molecular flexibility index (Phi) is 17.5. The van der Waals surface area contributed by atoms with Crippen molar-refractivity contribution < 1.29 is 14.3 Å². The van der Waals surface area contributed by atoms with Gasteiger partial charge in [0.05, 0.1) is 6.61 Å². The number of esters is 1. The third kappa shape index (κ3) is 16.8. The Morgan fingerprint density at radius 1 is 0.767 bits per heavy atom. The third-order valence-electron chi connectivity index (χ3n) is 5.17. The molecule has 30 heavy (non-hydrogen) atoms. The van der Waals surface area contributed by atoms with Crippen LogP contribution in [0.1, 0.15) is 108 Å². The Morgan fingerprint density at radius 2 is 1.37 bits per heavy atom. The van der Waals surface area contributed by atoms with E-state index in [4.69, 9.17) is 4.74 Å². The van der Waals surface area contributed by atoms with Crippen molar-refractivity contribution in [3.8, 4) is 11.8 Å². The first-order valence-electron chi connectivity index (χ1n) is 12.0. The highest BCUT2D eigenvalue weighted by Gasteiger charge is 2.02. The van der Waals surface area contributed by atoms with E-state index in [1.807, 2.05) is 30.3 Å². The number of rotatable bonds is 18. The lowest BCUT2D eigenvalue weighted by molar-refractivity contribution is -0.143. The molecule has 1 aromatic carbocycles. The monoisotopic (exact) mass is 412 g/mol. The van der Waals surface area contributed by atoms with E-state index in [2.05, 4.69) is 11.8 Å². The zero-order valence-corrected chi connectivity index (χ0v) is 18.7. The maximum absolute atomic E-state index is 11.7. The van der Waals surface area contributed by atoms with Gasteiger partial charge in [0.1, 0.15) is 6.29 Å². The summed E-state index contributed by atoms with van der Waals surface area (Å²) in [7, 11) is 0. The smallest absolute Gasteiger partial charge is 0.305 e. The predicted octanol–water partition coefficient (Wildman–Crippen LogP) is 7.02. The summed E-state index contributed by atoms with van der Waals surface area (Å²) in [5, 5.41) is 0. The minimum atomic E-state index is -0.0485. The van der Waals surface area contributed by atoms with Crippen LogP contribution >= 0.6 is 0 Å². The first kappa shape index (κ1) is 26.0. The van der Waals surface area contributed by atoms with Crippen LogP contribution in [0.25, 0.3) is 0 Å². The molecule has 0 unspecified atom stereocenters. The molecule has 0 radical (unpaired) electrons. The normalized spacial score (nSPS) is 10.3. The fourth-order valence-corrected chi connectivity index (χ4v) is 3.35. The van der Waals surface area contributed by atoms with Gasteiger partial charge in [0.15, 0.2) is 0 Å². The SMILES string of the molecule is O=CCCCCCCCCC(=O)OCCCCCCCCCC#Cc1ccccc1. The highest BCUT2D eigenvalue weighted by Crippen LogP contribution is 2.10. The first-order chi connectivity index (χ1) is 14.8. The van der Waals surface area contributed by atoms with Crippen LogP contribution < -0.4 is 0 Å². The van der Waals surface area contributed by atoms with Crippen molar-refractivity contribution in [2.75, 3.05) is 6.61 Å². The maximum Gasteiger partial charge on any atom is 0.305 e. The summed E-state index contributed by atoms with van der Waals surface area (Å²) in [5.41, 5.74) is 1.10. The maximum atomic E-state index is 11.7.